The lowest BCUT2D eigenvalue weighted by Gasteiger charge is -2.43. The normalized spacial score (nSPS) is 12.7. The van der Waals surface area contributed by atoms with Gasteiger partial charge in [-0.1, -0.05) is 99.6 Å². The van der Waals surface area contributed by atoms with Gasteiger partial charge in [0, 0.05) is 0 Å². The summed E-state index contributed by atoms with van der Waals surface area (Å²) < 4.78 is 11.9. The van der Waals surface area contributed by atoms with Crippen molar-refractivity contribution in [2.24, 2.45) is 0 Å². The van der Waals surface area contributed by atoms with Crippen molar-refractivity contribution in [2.45, 2.75) is 31.9 Å². The molecule has 0 radical (unpaired) electrons. The van der Waals surface area contributed by atoms with Crippen LogP contribution < -0.4 is 10.4 Å². The van der Waals surface area contributed by atoms with Gasteiger partial charge in [-0.25, -0.2) is 9.59 Å². The van der Waals surface area contributed by atoms with Crippen LogP contribution in [-0.2, 0) is 14.0 Å². The summed E-state index contributed by atoms with van der Waals surface area (Å²) in [6.45, 7) is 6.06. The number of ether oxygens (including phenoxy) is 1. The quantitative estimate of drug-likeness (QED) is 0.418. The molecule has 0 heterocycles. The SMILES string of the molecule is CC(C)(C)[Si](OCC(OC(=O)c1ccccc1)C(=O)O)(c1ccccc1)c1ccccc1. The second-order valence-corrected chi connectivity index (χ2v) is 12.9. The Hall–Kier alpha value is -3.22. The lowest BCUT2D eigenvalue weighted by molar-refractivity contribution is -0.148. The fourth-order valence-corrected chi connectivity index (χ4v) is 8.45. The third-order valence-electron chi connectivity index (χ3n) is 5.40. The molecule has 0 fully saturated rings. The topological polar surface area (TPSA) is 72.8 Å². The maximum atomic E-state index is 12.5. The number of hydrogen-bond acceptors (Lipinski definition) is 4. The number of rotatable bonds is 8. The molecule has 32 heavy (non-hydrogen) atoms. The molecule has 1 atom stereocenters. The van der Waals surface area contributed by atoms with Crippen LogP contribution in [0.2, 0.25) is 5.04 Å². The van der Waals surface area contributed by atoms with E-state index in [-0.39, 0.29) is 11.6 Å². The van der Waals surface area contributed by atoms with Gasteiger partial charge >= 0.3 is 11.9 Å². The molecule has 0 aliphatic heterocycles. The van der Waals surface area contributed by atoms with E-state index >= 15 is 0 Å². The van der Waals surface area contributed by atoms with E-state index in [9.17, 15) is 14.7 Å². The molecule has 166 valence electrons. The van der Waals surface area contributed by atoms with E-state index in [0.29, 0.717) is 5.56 Å². The van der Waals surface area contributed by atoms with Gasteiger partial charge in [-0.3, -0.25) is 0 Å². The molecule has 0 aromatic heterocycles. The van der Waals surface area contributed by atoms with E-state index in [1.165, 1.54) is 0 Å². The molecule has 0 saturated carbocycles. The number of esters is 1. The highest BCUT2D eigenvalue weighted by Crippen LogP contribution is 2.36. The molecule has 3 aromatic rings. The van der Waals surface area contributed by atoms with Crippen molar-refractivity contribution in [1.29, 1.82) is 0 Å². The molecule has 0 aliphatic rings. The van der Waals surface area contributed by atoms with Gasteiger partial charge in [-0.2, -0.15) is 0 Å². The third-order valence-corrected chi connectivity index (χ3v) is 10.4. The van der Waals surface area contributed by atoms with Crippen LogP contribution in [0.5, 0.6) is 0 Å². The van der Waals surface area contributed by atoms with Crippen LogP contribution in [0.1, 0.15) is 31.1 Å². The van der Waals surface area contributed by atoms with Crippen molar-refractivity contribution < 1.29 is 23.9 Å². The van der Waals surface area contributed by atoms with Crippen LogP contribution in [0.25, 0.3) is 0 Å². The predicted octanol–water partition coefficient (Wildman–Crippen LogP) is 3.87. The molecule has 5 nitrogen and oxygen atoms in total. The summed E-state index contributed by atoms with van der Waals surface area (Å²) in [4.78, 5) is 24.5. The highest BCUT2D eigenvalue weighted by molar-refractivity contribution is 6.99. The van der Waals surface area contributed by atoms with E-state index in [4.69, 9.17) is 9.16 Å². The van der Waals surface area contributed by atoms with E-state index in [1.54, 1.807) is 30.3 Å². The second-order valence-electron chi connectivity index (χ2n) is 8.57. The molecular formula is C26H28O5Si. The standard InChI is InChI=1S/C26H28O5Si/c1-26(2,3)32(21-15-9-5-10-16-21,22-17-11-6-12-18-22)30-19-23(24(27)28)31-25(29)20-13-7-4-8-14-20/h4-18,23H,19H2,1-3H3,(H,27,28). The molecular weight excluding hydrogens is 420 g/mol. The first-order chi connectivity index (χ1) is 15.3. The van der Waals surface area contributed by atoms with Crippen LogP contribution in [-0.4, -0.2) is 38.1 Å². The Labute approximate surface area is 189 Å². The summed E-state index contributed by atoms with van der Waals surface area (Å²) in [5, 5.41) is 11.5. The third kappa shape index (κ3) is 4.98. The molecule has 3 rings (SSSR count). The molecule has 6 heteroatoms. The Morgan fingerprint density at radius 3 is 1.66 bits per heavy atom. The van der Waals surface area contributed by atoms with E-state index in [2.05, 4.69) is 20.8 Å². The number of hydrogen-bond donors (Lipinski definition) is 1. The van der Waals surface area contributed by atoms with Gasteiger partial charge in [0.25, 0.3) is 8.32 Å². The molecule has 3 aromatic carbocycles. The van der Waals surface area contributed by atoms with Crippen molar-refractivity contribution in [3.05, 3.63) is 96.6 Å². The summed E-state index contributed by atoms with van der Waals surface area (Å²) >= 11 is 0. The first-order valence-electron chi connectivity index (χ1n) is 10.5. The Balaban J connectivity index is 1.97. The summed E-state index contributed by atoms with van der Waals surface area (Å²) in [6.07, 6.45) is -1.43. The van der Waals surface area contributed by atoms with Gasteiger partial charge < -0.3 is 14.3 Å². The molecule has 1 N–H and O–H groups in total. The van der Waals surface area contributed by atoms with Gasteiger partial charge in [0.2, 0.25) is 6.10 Å². The van der Waals surface area contributed by atoms with Gasteiger partial charge in [-0.15, -0.1) is 0 Å². The van der Waals surface area contributed by atoms with E-state index in [1.807, 2.05) is 60.7 Å². The Bertz CT molecular complexity index is 991. The Kier molecular flexibility index (Phi) is 7.28. The molecule has 0 amide bonds. The molecule has 0 saturated heterocycles. The molecule has 0 spiro atoms. The van der Waals surface area contributed by atoms with Crippen LogP contribution in [0, 0.1) is 0 Å². The monoisotopic (exact) mass is 448 g/mol. The lowest BCUT2D eigenvalue weighted by Crippen LogP contribution is -2.67. The van der Waals surface area contributed by atoms with Crippen molar-refractivity contribution in [1.82, 2.24) is 0 Å². The van der Waals surface area contributed by atoms with Crippen LogP contribution in [0.4, 0.5) is 0 Å². The fraction of sp³-hybridized carbons (Fsp3) is 0.231. The lowest BCUT2D eigenvalue weighted by atomic mass is 10.2. The number of carboxylic acids is 1. The summed E-state index contributed by atoms with van der Waals surface area (Å²) in [7, 11) is -2.94. The van der Waals surface area contributed by atoms with Crippen molar-refractivity contribution in [2.75, 3.05) is 6.61 Å². The number of benzene rings is 3. The smallest absolute Gasteiger partial charge is 0.347 e. The van der Waals surface area contributed by atoms with Crippen molar-refractivity contribution in [3.63, 3.8) is 0 Å². The predicted molar refractivity (Wildman–Crippen MR) is 127 cm³/mol. The fourth-order valence-electron chi connectivity index (χ4n) is 3.89. The minimum absolute atomic E-state index is 0.249. The zero-order valence-corrected chi connectivity index (χ0v) is 19.5. The first-order valence-corrected chi connectivity index (χ1v) is 12.4. The van der Waals surface area contributed by atoms with Crippen LogP contribution in [0.3, 0.4) is 0 Å². The summed E-state index contributed by atoms with van der Waals surface area (Å²) in [5.74, 6) is -1.93. The van der Waals surface area contributed by atoms with E-state index in [0.717, 1.165) is 10.4 Å². The first kappa shape index (κ1) is 23.4. The number of aliphatic carboxylic acids is 1. The Morgan fingerprint density at radius 2 is 1.25 bits per heavy atom. The van der Waals surface area contributed by atoms with Gasteiger partial charge in [-0.05, 0) is 27.5 Å². The maximum Gasteiger partial charge on any atom is 0.347 e. The molecule has 0 bridgehead atoms. The minimum atomic E-state index is -2.94. The van der Waals surface area contributed by atoms with Gasteiger partial charge in [0.1, 0.15) is 0 Å². The van der Waals surface area contributed by atoms with Crippen molar-refractivity contribution >= 4 is 30.6 Å². The van der Waals surface area contributed by atoms with Gasteiger partial charge in [0.15, 0.2) is 0 Å². The maximum absolute atomic E-state index is 12.5. The minimum Gasteiger partial charge on any atom is -0.478 e. The average Bonchev–Trinajstić information content (AvgIpc) is 2.79. The zero-order valence-electron chi connectivity index (χ0n) is 18.5. The van der Waals surface area contributed by atoms with Crippen molar-refractivity contribution in [3.8, 4) is 0 Å². The van der Waals surface area contributed by atoms with Crippen LogP contribution >= 0.6 is 0 Å². The number of carbonyl (C=O) groups is 2. The average molecular weight is 449 g/mol. The number of carbonyl (C=O) groups excluding carboxylic acids is 1. The Morgan fingerprint density at radius 1 is 0.812 bits per heavy atom. The zero-order chi connectivity index (χ0) is 23.2. The highest BCUT2D eigenvalue weighted by Gasteiger charge is 2.50. The second kappa shape index (κ2) is 9.93. The van der Waals surface area contributed by atoms with Gasteiger partial charge in [0.05, 0.1) is 12.2 Å². The van der Waals surface area contributed by atoms with Crippen LogP contribution in [0.15, 0.2) is 91.0 Å². The molecule has 1 unspecified atom stereocenters. The number of carboxylic acid groups (broad SMARTS) is 1. The largest absolute Gasteiger partial charge is 0.478 e. The molecule has 0 aliphatic carbocycles. The van der Waals surface area contributed by atoms with E-state index < -0.39 is 26.4 Å². The summed E-state index contributed by atoms with van der Waals surface area (Å²) in [5.41, 5.74) is 0.296. The summed E-state index contributed by atoms with van der Waals surface area (Å²) in [6, 6.07) is 28.2. The highest BCUT2D eigenvalue weighted by atomic mass is 28.4.